The van der Waals surface area contributed by atoms with Crippen LogP contribution >= 0.6 is 0 Å². The Hall–Kier alpha value is -3.38. The van der Waals surface area contributed by atoms with Gasteiger partial charge in [0.1, 0.15) is 12.7 Å². The Morgan fingerprint density at radius 3 is 2.42 bits per heavy atom. The van der Waals surface area contributed by atoms with Gasteiger partial charge in [0, 0.05) is 31.3 Å². The van der Waals surface area contributed by atoms with Crippen molar-refractivity contribution < 1.29 is 13.2 Å². The summed E-state index contributed by atoms with van der Waals surface area (Å²) < 4.78 is 29.0. The summed E-state index contributed by atoms with van der Waals surface area (Å²) in [4.78, 5) is 28.4. The molecule has 3 aromatic rings. The van der Waals surface area contributed by atoms with Crippen LogP contribution in [0.3, 0.4) is 0 Å². The first kappa shape index (κ1) is 22.3. The number of aromatic nitrogens is 5. The highest BCUT2D eigenvalue weighted by Gasteiger charge is 2.21. The van der Waals surface area contributed by atoms with Gasteiger partial charge in [-0.2, -0.15) is 9.40 Å². The van der Waals surface area contributed by atoms with Gasteiger partial charge in [-0.15, -0.1) is 5.10 Å². The zero-order valence-electron chi connectivity index (χ0n) is 17.2. The number of carbonyl (C=O) groups excluding carboxylic acids is 1. The maximum absolute atomic E-state index is 12.5. The second-order valence-electron chi connectivity index (χ2n) is 6.46. The molecule has 2 heterocycles. The number of benzene rings is 1. The van der Waals surface area contributed by atoms with Crippen molar-refractivity contribution in [1.29, 1.82) is 0 Å². The molecule has 0 aliphatic rings. The van der Waals surface area contributed by atoms with E-state index in [1.807, 2.05) is 0 Å². The average Bonchev–Trinajstić information content (AvgIpc) is 3.30. The maximum Gasteiger partial charge on any atom is 0.266 e. The molecule has 1 amide bonds. The van der Waals surface area contributed by atoms with Crippen molar-refractivity contribution in [3.8, 4) is 5.82 Å². The molecule has 0 unspecified atom stereocenters. The predicted molar refractivity (Wildman–Crippen MR) is 112 cm³/mol. The number of rotatable bonds is 9. The largest absolute Gasteiger partial charge is 0.350 e. The van der Waals surface area contributed by atoms with Crippen LogP contribution in [-0.2, 0) is 16.6 Å². The van der Waals surface area contributed by atoms with Gasteiger partial charge in [-0.1, -0.05) is 13.8 Å². The van der Waals surface area contributed by atoms with Gasteiger partial charge >= 0.3 is 0 Å². The molecular formula is C19H23N7O4S. The molecule has 0 fully saturated rings. The Balaban J connectivity index is 1.63. The smallest absolute Gasteiger partial charge is 0.266 e. The fourth-order valence-corrected chi connectivity index (χ4v) is 4.37. The van der Waals surface area contributed by atoms with Gasteiger partial charge in [0.15, 0.2) is 5.82 Å². The third-order valence-corrected chi connectivity index (χ3v) is 6.64. The molecule has 31 heavy (non-hydrogen) atoms. The van der Waals surface area contributed by atoms with Gasteiger partial charge < -0.3 is 5.32 Å². The summed E-state index contributed by atoms with van der Waals surface area (Å²) in [5, 5.41) is 10.9. The highest BCUT2D eigenvalue weighted by Crippen LogP contribution is 2.16. The molecule has 12 heteroatoms. The minimum Gasteiger partial charge on any atom is -0.350 e. The van der Waals surface area contributed by atoms with Gasteiger partial charge in [0.2, 0.25) is 10.0 Å². The molecule has 0 spiro atoms. The van der Waals surface area contributed by atoms with Crippen LogP contribution in [0, 0.1) is 0 Å². The lowest BCUT2D eigenvalue weighted by Crippen LogP contribution is -2.32. The van der Waals surface area contributed by atoms with Crippen molar-refractivity contribution in [3.05, 3.63) is 65.0 Å². The van der Waals surface area contributed by atoms with Gasteiger partial charge in [-0.25, -0.2) is 22.8 Å². The Bertz CT molecular complexity index is 1180. The summed E-state index contributed by atoms with van der Waals surface area (Å²) in [5.41, 5.74) is -0.000699. The normalized spacial score (nSPS) is 11.6. The quantitative estimate of drug-likeness (QED) is 0.500. The monoisotopic (exact) mass is 445 g/mol. The molecular weight excluding hydrogens is 422 g/mol. The van der Waals surface area contributed by atoms with Crippen LogP contribution in [-0.4, -0.2) is 62.8 Å². The topological polar surface area (TPSA) is 132 Å². The van der Waals surface area contributed by atoms with E-state index in [1.54, 1.807) is 13.8 Å². The van der Waals surface area contributed by atoms with E-state index in [0.29, 0.717) is 24.5 Å². The minimum absolute atomic E-state index is 0.133. The number of hydrogen-bond acceptors (Lipinski definition) is 7. The molecule has 0 aliphatic carbocycles. The van der Waals surface area contributed by atoms with E-state index in [1.165, 1.54) is 62.7 Å². The van der Waals surface area contributed by atoms with Crippen molar-refractivity contribution in [2.45, 2.75) is 25.3 Å². The number of nitrogens with one attached hydrogen (secondary N) is 1. The second kappa shape index (κ2) is 9.62. The Labute approximate surface area is 179 Å². The van der Waals surface area contributed by atoms with Crippen LogP contribution in [0.25, 0.3) is 5.82 Å². The number of nitrogens with zero attached hydrogens (tertiary/aromatic N) is 6. The fraction of sp³-hybridized carbons (Fsp3) is 0.316. The molecule has 1 aromatic carbocycles. The lowest BCUT2D eigenvalue weighted by atomic mass is 10.2. The Morgan fingerprint density at radius 1 is 1.10 bits per heavy atom. The van der Waals surface area contributed by atoms with Crippen molar-refractivity contribution in [2.75, 3.05) is 19.6 Å². The first-order valence-electron chi connectivity index (χ1n) is 9.68. The van der Waals surface area contributed by atoms with Crippen LogP contribution in [0.2, 0.25) is 0 Å². The van der Waals surface area contributed by atoms with E-state index in [0.717, 1.165) is 0 Å². The zero-order valence-corrected chi connectivity index (χ0v) is 18.0. The lowest BCUT2D eigenvalue weighted by Gasteiger charge is -2.18. The Morgan fingerprint density at radius 2 is 1.81 bits per heavy atom. The molecule has 0 radical (unpaired) electrons. The molecule has 0 aliphatic heterocycles. The predicted octanol–water partition coefficient (Wildman–Crippen LogP) is 0.285. The number of sulfonamides is 1. The fourth-order valence-electron chi connectivity index (χ4n) is 2.92. The molecule has 1 N–H and O–H groups in total. The third-order valence-electron chi connectivity index (χ3n) is 4.57. The number of carbonyl (C=O) groups is 1. The van der Waals surface area contributed by atoms with E-state index < -0.39 is 10.0 Å². The standard InChI is InChI=1S/C19H23N7O4S/c1-3-24(4-2)31(29,30)16-7-5-15(6-8-16)19(28)21-11-12-25-18(27)10-9-17(23-25)26-14-20-13-22-26/h5-10,13-14H,3-4,11-12H2,1-2H3,(H,21,28). The van der Waals surface area contributed by atoms with Crippen LogP contribution < -0.4 is 10.9 Å². The highest BCUT2D eigenvalue weighted by atomic mass is 32.2. The van der Waals surface area contributed by atoms with Gasteiger partial charge in [-0.3, -0.25) is 9.59 Å². The molecule has 0 saturated heterocycles. The molecule has 3 rings (SSSR count). The zero-order chi connectivity index (χ0) is 22.4. The first-order chi connectivity index (χ1) is 14.9. The summed E-state index contributed by atoms with van der Waals surface area (Å²) in [7, 11) is -3.58. The van der Waals surface area contributed by atoms with Crippen LogP contribution in [0.5, 0.6) is 0 Å². The average molecular weight is 446 g/mol. The number of hydrogen-bond donors (Lipinski definition) is 1. The summed E-state index contributed by atoms with van der Waals surface area (Å²) in [6.07, 6.45) is 2.82. The van der Waals surface area contributed by atoms with Crippen LogP contribution in [0.15, 0.2) is 58.7 Å². The summed E-state index contributed by atoms with van der Waals surface area (Å²) >= 11 is 0. The highest BCUT2D eigenvalue weighted by molar-refractivity contribution is 7.89. The molecule has 0 bridgehead atoms. The van der Waals surface area contributed by atoms with Crippen molar-refractivity contribution in [2.24, 2.45) is 0 Å². The lowest BCUT2D eigenvalue weighted by molar-refractivity contribution is 0.0951. The minimum atomic E-state index is -3.58. The summed E-state index contributed by atoms with van der Waals surface area (Å²) in [6.45, 7) is 4.59. The van der Waals surface area contributed by atoms with E-state index in [4.69, 9.17) is 0 Å². The van der Waals surface area contributed by atoms with Crippen molar-refractivity contribution in [1.82, 2.24) is 34.2 Å². The SMILES string of the molecule is CCN(CC)S(=O)(=O)c1ccc(C(=O)NCCn2nc(-n3cncn3)ccc2=O)cc1. The van der Waals surface area contributed by atoms with E-state index in [2.05, 4.69) is 20.5 Å². The van der Waals surface area contributed by atoms with Gasteiger partial charge in [0.25, 0.3) is 11.5 Å². The molecule has 164 valence electrons. The van der Waals surface area contributed by atoms with Crippen LogP contribution in [0.1, 0.15) is 24.2 Å². The maximum atomic E-state index is 12.5. The van der Waals surface area contributed by atoms with Crippen LogP contribution in [0.4, 0.5) is 0 Å². The van der Waals surface area contributed by atoms with Gasteiger partial charge in [-0.05, 0) is 30.3 Å². The summed E-state index contributed by atoms with van der Waals surface area (Å²) in [6, 6.07) is 8.64. The molecule has 2 aromatic heterocycles. The first-order valence-corrected chi connectivity index (χ1v) is 11.1. The van der Waals surface area contributed by atoms with Crippen molar-refractivity contribution in [3.63, 3.8) is 0 Å². The Kier molecular flexibility index (Phi) is 6.92. The molecule has 0 atom stereocenters. The molecule has 11 nitrogen and oxygen atoms in total. The van der Waals surface area contributed by atoms with Crippen molar-refractivity contribution >= 4 is 15.9 Å². The third kappa shape index (κ3) is 5.03. The summed E-state index contributed by atoms with van der Waals surface area (Å²) in [5.74, 6) is 0.0423. The van der Waals surface area contributed by atoms with E-state index in [9.17, 15) is 18.0 Å². The molecule has 0 saturated carbocycles. The van der Waals surface area contributed by atoms with E-state index >= 15 is 0 Å². The second-order valence-corrected chi connectivity index (χ2v) is 8.40. The number of amides is 1. The van der Waals surface area contributed by atoms with Gasteiger partial charge in [0.05, 0.1) is 11.4 Å². The van der Waals surface area contributed by atoms with E-state index in [-0.39, 0.29) is 29.5 Å².